The fourth-order valence-electron chi connectivity index (χ4n) is 4.14. The minimum Gasteiger partial charge on any atom is -0.481 e. The highest BCUT2D eigenvalue weighted by atomic mass is 19.2. The molecule has 0 aliphatic rings. The van der Waals surface area contributed by atoms with E-state index in [0.29, 0.717) is 22.3 Å². The lowest BCUT2D eigenvalue weighted by molar-refractivity contribution is -0.144. The summed E-state index contributed by atoms with van der Waals surface area (Å²) in [7, 11) is 0. The van der Waals surface area contributed by atoms with Gasteiger partial charge in [-0.15, -0.1) is 0 Å². The molecule has 3 aromatic rings. The summed E-state index contributed by atoms with van der Waals surface area (Å²) < 4.78 is 39.6. The average Bonchev–Trinajstić information content (AvgIpc) is 2.96. The molecule has 230 valence electrons. The minimum absolute atomic E-state index is 0.0835. The Kier molecular flexibility index (Phi) is 13.2. The van der Waals surface area contributed by atoms with E-state index in [1.807, 2.05) is 0 Å². The van der Waals surface area contributed by atoms with E-state index in [1.54, 1.807) is 49.4 Å². The Morgan fingerprint density at radius 1 is 0.698 bits per heavy atom. The van der Waals surface area contributed by atoms with Crippen LogP contribution in [-0.2, 0) is 32.0 Å². The third-order valence-electron chi connectivity index (χ3n) is 6.79. The van der Waals surface area contributed by atoms with Crippen LogP contribution in [0.15, 0.2) is 66.7 Å². The molecule has 0 spiro atoms. The zero-order chi connectivity index (χ0) is 32.3. The van der Waals surface area contributed by atoms with Crippen molar-refractivity contribution in [2.45, 2.75) is 51.6 Å². The Morgan fingerprint density at radius 3 is 1.65 bits per heavy atom. The number of carbonyl (C=O) groups excluding carboxylic acids is 2. The van der Waals surface area contributed by atoms with Crippen LogP contribution < -0.4 is 11.5 Å². The Morgan fingerprint density at radius 2 is 1.19 bits per heavy atom. The van der Waals surface area contributed by atoms with E-state index in [9.17, 15) is 37.5 Å². The van der Waals surface area contributed by atoms with Gasteiger partial charge >= 0.3 is 11.9 Å². The number of rotatable bonds is 13. The molecule has 0 aliphatic carbocycles. The second-order valence-electron chi connectivity index (χ2n) is 10.3. The number of hydrogen-bond acceptors (Lipinski definition) is 6. The summed E-state index contributed by atoms with van der Waals surface area (Å²) in [6.07, 6.45) is -0.391. The molecule has 0 radical (unpaired) electrons. The van der Waals surface area contributed by atoms with E-state index in [0.717, 1.165) is 12.1 Å². The van der Waals surface area contributed by atoms with Gasteiger partial charge < -0.3 is 21.7 Å². The Labute approximate surface area is 247 Å². The first kappa shape index (κ1) is 34.8. The van der Waals surface area contributed by atoms with Gasteiger partial charge in [0.25, 0.3) is 0 Å². The summed E-state index contributed by atoms with van der Waals surface area (Å²) >= 11 is 0. The van der Waals surface area contributed by atoms with Crippen molar-refractivity contribution in [1.82, 2.24) is 0 Å². The second kappa shape index (κ2) is 16.3. The number of ketones is 2. The standard InChI is InChI=1S/C18H17F2NO3.C14H18FNO3/c19-14-7-6-11(9-15(14)20)8-13(18(23)24)10-16(22)17(21)12-4-2-1-3-5-12;1-8-3-4-10(6-12(8)15)5-11(14(18)19)7-13(17)9(2)16/h1-7,9,13,17H,8,10,21H2,(H,23,24);3-4,6,9,11H,5,7,16H2,1-2H3,(H,18,19)/t13?,17-;/m0./s1. The lowest BCUT2D eigenvalue weighted by atomic mass is 9.90. The van der Waals surface area contributed by atoms with Crippen LogP contribution in [0, 0.1) is 36.2 Å². The SMILES string of the molecule is Cc1ccc(CC(CC(=O)C(C)N)C(=O)O)cc1F.N[C@H](C(=O)CC(Cc1ccc(F)c(F)c1)C(=O)O)c1ccccc1. The molecular weight excluding hydrogens is 565 g/mol. The molecule has 3 rings (SSSR count). The zero-order valence-corrected chi connectivity index (χ0v) is 23.8. The van der Waals surface area contributed by atoms with Crippen LogP contribution in [0.25, 0.3) is 0 Å². The van der Waals surface area contributed by atoms with Gasteiger partial charge in [0.1, 0.15) is 11.6 Å². The van der Waals surface area contributed by atoms with E-state index in [2.05, 4.69) is 0 Å². The highest BCUT2D eigenvalue weighted by Gasteiger charge is 2.26. The van der Waals surface area contributed by atoms with E-state index in [-0.39, 0.29) is 37.3 Å². The molecule has 4 atom stereocenters. The van der Waals surface area contributed by atoms with Crippen molar-refractivity contribution in [1.29, 1.82) is 0 Å². The van der Waals surface area contributed by atoms with Gasteiger partial charge in [-0.05, 0) is 67.1 Å². The summed E-state index contributed by atoms with van der Waals surface area (Å²) in [6.45, 7) is 3.15. The van der Waals surface area contributed by atoms with Gasteiger partial charge in [0.05, 0.1) is 23.9 Å². The summed E-state index contributed by atoms with van der Waals surface area (Å²) in [4.78, 5) is 46.3. The predicted octanol–water partition coefficient (Wildman–Crippen LogP) is 4.55. The van der Waals surface area contributed by atoms with Crippen molar-refractivity contribution < 1.29 is 42.6 Å². The maximum atomic E-state index is 13.4. The molecule has 0 saturated carbocycles. The van der Waals surface area contributed by atoms with Gasteiger partial charge in [0, 0.05) is 12.8 Å². The van der Waals surface area contributed by atoms with Crippen molar-refractivity contribution in [2.24, 2.45) is 23.3 Å². The number of carboxylic acid groups (broad SMARTS) is 2. The molecule has 0 amide bonds. The normalized spacial score (nSPS) is 13.6. The molecule has 11 heteroatoms. The van der Waals surface area contributed by atoms with Gasteiger partial charge in [-0.2, -0.15) is 0 Å². The fourth-order valence-corrected chi connectivity index (χ4v) is 4.14. The monoisotopic (exact) mass is 600 g/mol. The number of benzene rings is 3. The number of nitrogens with two attached hydrogens (primary N) is 2. The molecule has 0 heterocycles. The molecule has 43 heavy (non-hydrogen) atoms. The minimum atomic E-state index is -1.19. The lowest BCUT2D eigenvalue weighted by Crippen LogP contribution is -2.31. The Bertz CT molecular complexity index is 1430. The number of carbonyl (C=O) groups is 4. The van der Waals surface area contributed by atoms with Crippen LogP contribution >= 0.6 is 0 Å². The Hall–Kier alpha value is -4.35. The third kappa shape index (κ3) is 11.1. The van der Waals surface area contributed by atoms with Gasteiger partial charge in [-0.3, -0.25) is 19.2 Å². The molecule has 8 nitrogen and oxygen atoms in total. The van der Waals surface area contributed by atoms with E-state index in [1.165, 1.54) is 19.1 Å². The van der Waals surface area contributed by atoms with Gasteiger partial charge in [0.15, 0.2) is 17.4 Å². The second-order valence-corrected chi connectivity index (χ2v) is 10.3. The maximum absolute atomic E-state index is 13.4. The van der Waals surface area contributed by atoms with Crippen molar-refractivity contribution in [2.75, 3.05) is 0 Å². The van der Waals surface area contributed by atoms with Crippen LogP contribution in [0.4, 0.5) is 13.2 Å². The molecule has 0 fully saturated rings. The summed E-state index contributed by atoms with van der Waals surface area (Å²) in [5, 5.41) is 18.4. The Balaban J connectivity index is 0.000000309. The van der Waals surface area contributed by atoms with Crippen LogP contribution in [-0.4, -0.2) is 39.8 Å². The largest absolute Gasteiger partial charge is 0.481 e. The third-order valence-corrected chi connectivity index (χ3v) is 6.79. The van der Waals surface area contributed by atoms with E-state index < -0.39 is 53.3 Å². The lowest BCUT2D eigenvalue weighted by Gasteiger charge is -2.16. The topological polar surface area (TPSA) is 161 Å². The number of aliphatic carboxylic acids is 2. The highest BCUT2D eigenvalue weighted by molar-refractivity contribution is 5.89. The molecule has 3 unspecified atom stereocenters. The molecule has 3 aromatic carbocycles. The van der Waals surface area contributed by atoms with Gasteiger partial charge in [-0.1, -0.05) is 48.5 Å². The average molecular weight is 601 g/mol. The first-order valence-electron chi connectivity index (χ1n) is 13.5. The number of hydrogen-bond donors (Lipinski definition) is 4. The fraction of sp³-hybridized carbons (Fsp3) is 0.312. The quantitative estimate of drug-likeness (QED) is 0.222. The molecule has 0 bridgehead atoms. The van der Waals surface area contributed by atoms with Gasteiger partial charge in [0.2, 0.25) is 0 Å². The van der Waals surface area contributed by atoms with Crippen molar-refractivity contribution in [3.63, 3.8) is 0 Å². The first-order valence-corrected chi connectivity index (χ1v) is 13.5. The van der Waals surface area contributed by atoms with Crippen molar-refractivity contribution >= 4 is 23.5 Å². The first-order chi connectivity index (χ1) is 20.2. The predicted molar refractivity (Wildman–Crippen MR) is 153 cm³/mol. The van der Waals surface area contributed by atoms with Crippen LogP contribution in [0.5, 0.6) is 0 Å². The van der Waals surface area contributed by atoms with Crippen molar-refractivity contribution in [3.05, 3.63) is 106 Å². The molecule has 0 saturated heterocycles. The highest BCUT2D eigenvalue weighted by Crippen LogP contribution is 2.21. The number of aryl methyl sites for hydroxylation is 1. The van der Waals surface area contributed by atoms with Crippen LogP contribution in [0.3, 0.4) is 0 Å². The van der Waals surface area contributed by atoms with Crippen LogP contribution in [0.2, 0.25) is 0 Å². The zero-order valence-electron chi connectivity index (χ0n) is 23.8. The molecule has 6 N–H and O–H groups in total. The van der Waals surface area contributed by atoms with Crippen LogP contribution in [0.1, 0.15) is 48.1 Å². The molecule has 0 aromatic heterocycles. The number of halogens is 3. The summed E-state index contributed by atoms with van der Waals surface area (Å²) in [6, 6.07) is 14.8. The smallest absolute Gasteiger partial charge is 0.307 e. The number of carboxylic acids is 2. The molecular formula is C32H35F3N2O6. The van der Waals surface area contributed by atoms with E-state index >= 15 is 0 Å². The van der Waals surface area contributed by atoms with Crippen molar-refractivity contribution in [3.8, 4) is 0 Å². The van der Waals surface area contributed by atoms with E-state index in [4.69, 9.17) is 16.6 Å². The van der Waals surface area contributed by atoms with Gasteiger partial charge in [-0.25, -0.2) is 13.2 Å². The summed E-state index contributed by atoms with van der Waals surface area (Å²) in [5.41, 5.74) is 13.3. The molecule has 0 aliphatic heterocycles. The number of Topliss-reactive ketones (excluding diaryl/α,β-unsaturated/α-hetero) is 2. The summed E-state index contributed by atoms with van der Waals surface area (Å²) in [5.74, 6) is -7.35. The maximum Gasteiger partial charge on any atom is 0.307 e.